The van der Waals surface area contributed by atoms with Gasteiger partial charge < -0.3 is 11.1 Å². The summed E-state index contributed by atoms with van der Waals surface area (Å²) < 4.78 is 0. The highest BCUT2D eigenvalue weighted by Gasteiger charge is 2.07. The van der Waals surface area contributed by atoms with Crippen LogP contribution in [0.25, 0.3) is 0 Å². The van der Waals surface area contributed by atoms with Crippen LogP contribution >= 0.6 is 11.6 Å². The van der Waals surface area contributed by atoms with Gasteiger partial charge >= 0.3 is 0 Å². The first-order valence-corrected chi connectivity index (χ1v) is 5.49. The molecule has 0 aliphatic heterocycles. The minimum atomic E-state index is 0.0640. The summed E-state index contributed by atoms with van der Waals surface area (Å²) in [6.45, 7) is 2.00. The second-order valence-electron chi connectivity index (χ2n) is 3.59. The van der Waals surface area contributed by atoms with Crippen LogP contribution < -0.4 is 11.1 Å². The van der Waals surface area contributed by atoms with Crippen LogP contribution in [0.3, 0.4) is 0 Å². The number of nitrogens with zero attached hydrogens (tertiary/aromatic N) is 3. The summed E-state index contributed by atoms with van der Waals surface area (Å²) in [5, 5.41) is 3.50. The van der Waals surface area contributed by atoms with Crippen LogP contribution in [-0.2, 0) is 0 Å². The molecule has 88 valence electrons. The summed E-state index contributed by atoms with van der Waals surface area (Å²) in [6.07, 6.45) is 3.53. The zero-order valence-corrected chi connectivity index (χ0v) is 10.0. The standard InChI is InChI=1S/C11H12ClN5/c1-7(8-3-2-4-14-6-8)15-10-5-9(12)16-11(13)17-10/h2-7H,1H3,(H3,13,15,16,17). The molecule has 0 radical (unpaired) electrons. The summed E-state index contributed by atoms with van der Waals surface area (Å²) in [5.74, 6) is 0.747. The number of pyridine rings is 1. The van der Waals surface area contributed by atoms with Gasteiger partial charge in [-0.1, -0.05) is 17.7 Å². The number of nitrogens with two attached hydrogens (primary N) is 1. The third-order valence-electron chi connectivity index (χ3n) is 2.26. The molecule has 0 aliphatic rings. The molecule has 6 heteroatoms. The van der Waals surface area contributed by atoms with Crippen molar-refractivity contribution in [1.29, 1.82) is 0 Å². The van der Waals surface area contributed by atoms with E-state index in [1.54, 1.807) is 18.5 Å². The normalized spacial score (nSPS) is 12.1. The third kappa shape index (κ3) is 3.04. The molecule has 2 aromatic rings. The van der Waals surface area contributed by atoms with Crippen molar-refractivity contribution >= 4 is 23.4 Å². The summed E-state index contributed by atoms with van der Waals surface area (Å²) in [7, 11) is 0. The molecule has 0 fully saturated rings. The molecule has 5 nitrogen and oxygen atoms in total. The molecule has 2 rings (SSSR count). The van der Waals surface area contributed by atoms with Gasteiger partial charge in [0, 0.05) is 18.5 Å². The van der Waals surface area contributed by atoms with Gasteiger partial charge in [0.1, 0.15) is 11.0 Å². The molecular formula is C11H12ClN5. The first kappa shape index (κ1) is 11.6. The van der Waals surface area contributed by atoms with Crippen molar-refractivity contribution in [3.8, 4) is 0 Å². The Hall–Kier alpha value is -1.88. The number of hydrogen-bond donors (Lipinski definition) is 2. The molecule has 3 N–H and O–H groups in total. The second kappa shape index (κ2) is 4.97. The van der Waals surface area contributed by atoms with Crippen molar-refractivity contribution in [1.82, 2.24) is 15.0 Å². The Morgan fingerprint density at radius 3 is 2.88 bits per heavy atom. The van der Waals surface area contributed by atoms with E-state index in [2.05, 4.69) is 20.3 Å². The van der Waals surface area contributed by atoms with Gasteiger partial charge in [-0.15, -0.1) is 0 Å². The maximum Gasteiger partial charge on any atom is 0.223 e. The number of nitrogens with one attached hydrogen (secondary N) is 1. The fourth-order valence-corrected chi connectivity index (χ4v) is 1.64. The maximum atomic E-state index is 5.80. The minimum Gasteiger partial charge on any atom is -0.368 e. The molecule has 1 unspecified atom stereocenters. The van der Waals surface area contributed by atoms with Gasteiger partial charge in [-0.05, 0) is 18.6 Å². The van der Waals surface area contributed by atoms with Crippen molar-refractivity contribution < 1.29 is 0 Å². The Labute approximate surface area is 104 Å². The third-order valence-corrected chi connectivity index (χ3v) is 2.45. The Morgan fingerprint density at radius 2 is 2.24 bits per heavy atom. The largest absolute Gasteiger partial charge is 0.368 e. The lowest BCUT2D eigenvalue weighted by atomic mass is 10.1. The molecule has 0 saturated carbocycles. The van der Waals surface area contributed by atoms with Crippen LogP contribution in [0.5, 0.6) is 0 Å². The van der Waals surface area contributed by atoms with E-state index in [1.165, 1.54) is 0 Å². The molecule has 1 atom stereocenters. The van der Waals surface area contributed by atoms with E-state index in [9.17, 15) is 0 Å². The number of anilines is 2. The van der Waals surface area contributed by atoms with E-state index < -0.39 is 0 Å². The quantitative estimate of drug-likeness (QED) is 0.816. The van der Waals surface area contributed by atoms with E-state index in [0.29, 0.717) is 11.0 Å². The average Bonchev–Trinajstić information content (AvgIpc) is 2.28. The lowest BCUT2D eigenvalue weighted by Crippen LogP contribution is -2.09. The number of nitrogen functional groups attached to an aromatic ring is 1. The second-order valence-corrected chi connectivity index (χ2v) is 3.97. The van der Waals surface area contributed by atoms with Crippen molar-refractivity contribution in [3.05, 3.63) is 41.3 Å². The summed E-state index contributed by atoms with van der Waals surface area (Å²) in [5.41, 5.74) is 6.57. The Kier molecular flexibility index (Phi) is 3.39. The monoisotopic (exact) mass is 249 g/mol. The summed E-state index contributed by atoms with van der Waals surface area (Å²) >= 11 is 5.80. The van der Waals surface area contributed by atoms with Gasteiger partial charge in [0.15, 0.2) is 0 Å². The number of rotatable bonds is 3. The van der Waals surface area contributed by atoms with Crippen LogP contribution in [0.1, 0.15) is 18.5 Å². The molecular weight excluding hydrogens is 238 g/mol. The van der Waals surface area contributed by atoms with E-state index in [4.69, 9.17) is 17.3 Å². The van der Waals surface area contributed by atoms with Crippen LogP contribution in [-0.4, -0.2) is 15.0 Å². The van der Waals surface area contributed by atoms with Gasteiger partial charge in [0.2, 0.25) is 5.95 Å². The lowest BCUT2D eigenvalue weighted by molar-refractivity contribution is 0.865. The first-order valence-electron chi connectivity index (χ1n) is 5.11. The van der Waals surface area contributed by atoms with Gasteiger partial charge in [-0.2, -0.15) is 4.98 Å². The molecule has 0 spiro atoms. The van der Waals surface area contributed by atoms with E-state index in [1.807, 2.05) is 19.1 Å². The highest BCUT2D eigenvalue weighted by molar-refractivity contribution is 6.29. The van der Waals surface area contributed by atoms with E-state index in [-0.39, 0.29) is 12.0 Å². The van der Waals surface area contributed by atoms with Gasteiger partial charge in [0.05, 0.1) is 6.04 Å². The zero-order valence-electron chi connectivity index (χ0n) is 9.26. The maximum absolute atomic E-state index is 5.80. The first-order chi connectivity index (χ1) is 8.15. The van der Waals surface area contributed by atoms with Crippen LogP contribution in [0.15, 0.2) is 30.6 Å². The van der Waals surface area contributed by atoms with Crippen LogP contribution in [0.4, 0.5) is 11.8 Å². The van der Waals surface area contributed by atoms with Gasteiger partial charge in [-0.3, -0.25) is 4.98 Å². The SMILES string of the molecule is CC(Nc1cc(Cl)nc(N)n1)c1cccnc1. The Balaban J connectivity index is 2.16. The molecule has 0 aromatic carbocycles. The molecule has 2 aromatic heterocycles. The fraction of sp³-hybridized carbons (Fsp3) is 0.182. The molecule has 0 saturated heterocycles. The number of halogens is 1. The average molecular weight is 250 g/mol. The fourth-order valence-electron chi connectivity index (χ4n) is 1.45. The van der Waals surface area contributed by atoms with E-state index >= 15 is 0 Å². The van der Waals surface area contributed by atoms with E-state index in [0.717, 1.165) is 5.56 Å². The Morgan fingerprint density at radius 1 is 1.41 bits per heavy atom. The van der Waals surface area contributed by atoms with Crippen LogP contribution in [0, 0.1) is 0 Å². The molecule has 0 aliphatic carbocycles. The number of hydrogen-bond acceptors (Lipinski definition) is 5. The Bertz CT molecular complexity index is 482. The predicted octanol–water partition coefficient (Wildman–Crippen LogP) is 2.28. The molecule has 17 heavy (non-hydrogen) atoms. The summed E-state index contributed by atoms with van der Waals surface area (Å²) in [4.78, 5) is 11.9. The predicted molar refractivity (Wildman–Crippen MR) is 67.7 cm³/mol. The van der Waals surface area contributed by atoms with Gasteiger partial charge in [-0.25, -0.2) is 4.98 Å². The van der Waals surface area contributed by atoms with Crippen molar-refractivity contribution in [2.75, 3.05) is 11.1 Å². The summed E-state index contributed by atoms with van der Waals surface area (Å²) in [6, 6.07) is 5.56. The van der Waals surface area contributed by atoms with Crippen LogP contribution in [0.2, 0.25) is 5.15 Å². The van der Waals surface area contributed by atoms with Crippen molar-refractivity contribution in [2.45, 2.75) is 13.0 Å². The van der Waals surface area contributed by atoms with Crippen molar-refractivity contribution in [3.63, 3.8) is 0 Å². The van der Waals surface area contributed by atoms with Crippen molar-refractivity contribution in [2.24, 2.45) is 0 Å². The smallest absolute Gasteiger partial charge is 0.223 e. The highest BCUT2D eigenvalue weighted by atomic mass is 35.5. The topological polar surface area (TPSA) is 76.7 Å². The highest BCUT2D eigenvalue weighted by Crippen LogP contribution is 2.19. The molecule has 0 bridgehead atoms. The zero-order chi connectivity index (χ0) is 12.3. The molecule has 0 amide bonds. The molecule has 2 heterocycles. The number of aromatic nitrogens is 3. The lowest BCUT2D eigenvalue weighted by Gasteiger charge is -2.14. The minimum absolute atomic E-state index is 0.0640. The van der Waals surface area contributed by atoms with Gasteiger partial charge in [0.25, 0.3) is 0 Å².